The molecule has 4 aromatic rings. The molecule has 3 heterocycles. The number of rotatable bonds is 9. The van der Waals surface area contributed by atoms with Crippen LogP contribution in [0.15, 0.2) is 46.7 Å². The Labute approximate surface area is 237 Å². The topological polar surface area (TPSA) is 88.0 Å². The number of hydrogen-bond acceptors (Lipinski definition) is 7. The molecule has 0 spiro atoms. The predicted molar refractivity (Wildman–Crippen MR) is 154 cm³/mol. The largest absolute Gasteiger partial charge is 0.435 e. The SMILES string of the molecule is CN(C)c1nc(NCC2CCC(CNS(=O)c3ccc(-c4cc(C(F)(F)F)nn4C)s3)CC2)nc2ccccc12. The number of nitrogens with zero attached hydrogens (tertiary/aromatic N) is 5. The zero-order valence-corrected chi connectivity index (χ0v) is 24.2. The fraction of sp³-hybridized carbons (Fsp3) is 0.444. The van der Waals surface area contributed by atoms with Crippen LogP contribution >= 0.6 is 11.3 Å². The maximum atomic E-state index is 13.0. The minimum atomic E-state index is -4.50. The van der Waals surface area contributed by atoms with Crippen LogP contribution in [0.1, 0.15) is 31.4 Å². The summed E-state index contributed by atoms with van der Waals surface area (Å²) in [6, 6.07) is 12.4. The molecule has 1 unspecified atom stereocenters. The van der Waals surface area contributed by atoms with Gasteiger partial charge in [0.25, 0.3) is 0 Å². The molecule has 214 valence electrons. The molecule has 3 aromatic heterocycles. The van der Waals surface area contributed by atoms with Crippen LogP contribution in [0.5, 0.6) is 0 Å². The van der Waals surface area contributed by atoms with E-state index in [2.05, 4.69) is 20.1 Å². The minimum Gasteiger partial charge on any atom is -0.362 e. The van der Waals surface area contributed by atoms with Gasteiger partial charge in [0.05, 0.1) is 16.1 Å². The van der Waals surface area contributed by atoms with E-state index in [4.69, 9.17) is 4.98 Å². The number of nitrogens with one attached hydrogen (secondary N) is 2. The van der Waals surface area contributed by atoms with Crippen molar-refractivity contribution in [3.63, 3.8) is 0 Å². The molecule has 1 saturated carbocycles. The molecule has 40 heavy (non-hydrogen) atoms. The highest BCUT2D eigenvalue weighted by molar-refractivity contribution is 7.85. The van der Waals surface area contributed by atoms with Crippen molar-refractivity contribution in [1.82, 2.24) is 24.5 Å². The Balaban J connectivity index is 1.10. The van der Waals surface area contributed by atoms with E-state index in [-0.39, 0.29) is 0 Å². The number of alkyl halides is 3. The normalized spacial score (nSPS) is 18.6. The van der Waals surface area contributed by atoms with Crippen LogP contribution in [0.3, 0.4) is 0 Å². The van der Waals surface area contributed by atoms with E-state index in [1.54, 1.807) is 12.1 Å². The van der Waals surface area contributed by atoms with Gasteiger partial charge < -0.3 is 10.2 Å². The van der Waals surface area contributed by atoms with Crippen LogP contribution in [0.2, 0.25) is 0 Å². The number of halogens is 3. The van der Waals surface area contributed by atoms with E-state index in [1.807, 2.05) is 43.3 Å². The third-order valence-electron chi connectivity index (χ3n) is 7.21. The van der Waals surface area contributed by atoms with E-state index in [1.165, 1.54) is 23.1 Å². The molecule has 2 N–H and O–H groups in total. The fourth-order valence-corrected chi connectivity index (χ4v) is 7.27. The average molecular weight is 592 g/mol. The molecular formula is C27H32F3N7OS2. The number of anilines is 2. The quantitative estimate of drug-likeness (QED) is 0.259. The summed E-state index contributed by atoms with van der Waals surface area (Å²) < 4.78 is 56.8. The molecule has 1 atom stereocenters. The summed E-state index contributed by atoms with van der Waals surface area (Å²) in [4.78, 5) is 12.0. The summed E-state index contributed by atoms with van der Waals surface area (Å²) in [5.41, 5.74) is 0.323. The third-order valence-corrected chi connectivity index (χ3v) is 9.75. The summed E-state index contributed by atoms with van der Waals surface area (Å²) in [7, 11) is 4.00. The number of fused-ring (bicyclic) bond motifs is 1. The molecule has 1 aliphatic carbocycles. The highest BCUT2D eigenvalue weighted by atomic mass is 32.2. The van der Waals surface area contributed by atoms with Gasteiger partial charge in [-0.3, -0.25) is 4.68 Å². The van der Waals surface area contributed by atoms with E-state index in [0.717, 1.165) is 55.0 Å². The lowest BCUT2D eigenvalue weighted by molar-refractivity contribution is -0.141. The number of aromatic nitrogens is 4. The average Bonchev–Trinajstić information content (AvgIpc) is 3.57. The minimum absolute atomic E-state index is 0.347. The summed E-state index contributed by atoms with van der Waals surface area (Å²) in [6.07, 6.45) is -0.322. The number of hydrogen-bond donors (Lipinski definition) is 2. The Kier molecular flexibility index (Phi) is 8.43. The monoisotopic (exact) mass is 591 g/mol. The second-order valence-corrected chi connectivity index (χ2v) is 12.9. The molecule has 1 aliphatic rings. The van der Waals surface area contributed by atoms with Gasteiger partial charge in [-0.2, -0.15) is 23.3 Å². The molecule has 0 bridgehead atoms. The van der Waals surface area contributed by atoms with Gasteiger partial charge in [-0.15, -0.1) is 11.3 Å². The summed E-state index contributed by atoms with van der Waals surface area (Å²) in [5, 5.41) is 8.02. The van der Waals surface area contributed by atoms with Crippen LogP contribution in [-0.4, -0.2) is 51.1 Å². The van der Waals surface area contributed by atoms with Gasteiger partial charge in [0.2, 0.25) is 5.95 Å². The van der Waals surface area contributed by atoms with Crippen molar-refractivity contribution in [3.05, 3.63) is 48.2 Å². The van der Waals surface area contributed by atoms with E-state index < -0.39 is 22.9 Å². The number of thiophene rings is 1. The summed E-state index contributed by atoms with van der Waals surface area (Å²) in [6.45, 7) is 1.43. The highest BCUT2D eigenvalue weighted by Crippen LogP contribution is 2.35. The van der Waals surface area contributed by atoms with E-state index in [0.29, 0.717) is 39.1 Å². The standard InChI is InChI=1S/C27H32F3N7OS2/c1-36(2)25-19-6-4-5-7-20(19)33-26(34-25)31-15-17-8-10-18(11-9-17)16-32-40(38)24-13-12-22(39-24)21-14-23(27(28,29)30)35-37(21)3/h4-7,12-14,17-18,32H,8-11,15-16H2,1-3H3,(H,31,33,34). The van der Waals surface area contributed by atoms with E-state index in [9.17, 15) is 17.4 Å². The van der Waals surface area contributed by atoms with Gasteiger partial charge in [-0.25, -0.2) is 13.9 Å². The zero-order chi connectivity index (χ0) is 28.4. The number of para-hydroxylation sites is 1. The van der Waals surface area contributed by atoms with Gasteiger partial charge in [-0.05, 0) is 67.9 Å². The Morgan fingerprint density at radius 2 is 1.75 bits per heavy atom. The van der Waals surface area contributed by atoms with Crippen molar-refractivity contribution in [2.24, 2.45) is 18.9 Å². The molecule has 1 fully saturated rings. The lowest BCUT2D eigenvalue weighted by atomic mass is 9.82. The first-order valence-corrected chi connectivity index (χ1v) is 15.1. The fourth-order valence-electron chi connectivity index (χ4n) is 5.01. The van der Waals surface area contributed by atoms with Crippen molar-refractivity contribution < 1.29 is 17.4 Å². The highest BCUT2D eigenvalue weighted by Gasteiger charge is 2.35. The summed E-state index contributed by atoms with van der Waals surface area (Å²) in [5.74, 6) is 2.46. The van der Waals surface area contributed by atoms with Crippen molar-refractivity contribution in [2.45, 2.75) is 36.1 Å². The van der Waals surface area contributed by atoms with Gasteiger partial charge >= 0.3 is 6.18 Å². The van der Waals surface area contributed by atoms with Crippen LogP contribution in [0, 0.1) is 11.8 Å². The maximum absolute atomic E-state index is 13.0. The molecular weight excluding hydrogens is 559 g/mol. The molecule has 0 amide bonds. The molecule has 13 heteroatoms. The van der Waals surface area contributed by atoms with Gasteiger partial charge in [0.1, 0.15) is 21.0 Å². The van der Waals surface area contributed by atoms with E-state index >= 15 is 0 Å². The molecule has 8 nitrogen and oxygen atoms in total. The Hall–Kier alpha value is -3.03. The van der Waals surface area contributed by atoms with Gasteiger partial charge in [-0.1, -0.05) is 12.1 Å². The van der Waals surface area contributed by atoms with Crippen LogP contribution in [-0.2, 0) is 24.2 Å². The predicted octanol–water partition coefficient (Wildman–Crippen LogP) is 5.71. The van der Waals surface area contributed by atoms with Crippen molar-refractivity contribution in [1.29, 1.82) is 0 Å². The van der Waals surface area contributed by atoms with Crippen LogP contribution < -0.4 is 14.9 Å². The van der Waals surface area contributed by atoms with Crippen molar-refractivity contribution in [3.8, 4) is 10.6 Å². The first-order valence-electron chi connectivity index (χ1n) is 13.1. The third kappa shape index (κ3) is 6.47. The van der Waals surface area contributed by atoms with Crippen molar-refractivity contribution in [2.75, 3.05) is 37.4 Å². The Morgan fingerprint density at radius 3 is 2.42 bits per heavy atom. The Morgan fingerprint density at radius 1 is 1.05 bits per heavy atom. The molecule has 5 rings (SSSR count). The van der Waals surface area contributed by atoms with Crippen LogP contribution in [0.4, 0.5) is 24.9 Å². The smallest absolute Gasteiger partial charge is 0.362 e. The molecule has 0 aliphatic heterocycles. The second-order valence-electron chi connectivity index (χ2n) is 10.3. The first kappa shape index (κ1) is 28.5. The number of benzene rings is 1. The summed E-state index contributed by atoms with van der Waals surface area (Å²) >= 11 is 1.21. The van der Waals surface area contributed by atoms with Gasteiger partial charge in [0.15, 0.2) is 5.69 Å². The lowest BCUT2D eigenvalue weighted by Crippen LogP contribution is -2.29. The Bertz CT molecular complexity index is 1490. The molecule has 0 radical (unpaired) electrons. The number of aryl methyl sites for hydroxylation is 1. The molecule has 1 aromatic carbocycles. The molecule has 0 saturated heterocycles. The van der Waals surface area contributed by atoms with Crippen molar-refractivity contribution >= 4 is 45.0 Å². The van der Waals surface area contributed by atoms with Crippen LogP contribution in [0.25, 0.3) is 21.5 Å². The first-order chi connectivity index (χ1) is 19.1. The van der Waals surface area contributed by atoms with Gasteiger partial charge in [0, 0.05) is 39.6 Å². The lowest BCUT2D eigenvalue weighted by Gasteiger charge is -2.28. The zero-order valence-electron chi connectivity index (χ0n) is 22.5. The second kappa shape index (κ2) is 11.8. The maximum Gasteiger partial charge on any atom is 0.435 e.